The van der Waals surface area contributed by atoms with E-state index in [1.807, 2.05) is 42.7 Å². The molecule has 2 amide bonds. The number of rotatable bonds is 8. The van der Waals surface area contributed by atoms with Crippen molar-refractivity contribution in [2.75, 3.05) is 43.0 Å². The number of nitrogens with one attached hydrogen (secondary N) is 1. The summed E-state index contributed by atoms with van der Waals surface area (Å²) >= 11 is 0. The molecule has 2 aliphatic rings. The van der Waals surface area contributed by atoms with E-state index in [4.69, 9.17) is 14.7 Å². The van der Waals surface area contributed by atoms with E-state index in [0.717, 1.165) is 17.7 Å². The van der Waals surface area contributed by atoms with Gasteiger partial charge in [0.25, 0.3) is 5.91 Å². The number of aromatic nitrogens is 2. The molecule has 9 heteroatoms. The van der Waals surface area contributed by atoms with Crippen LogP contribution in [0.4, 0.5) is 11.8 Å². The lowest BCUT2D eigenvalue weighted by Crippen LogP contribution is -2.48. The summed E-state index contributed by atoms with van der Waals surface area (Å²) in [6.07, 6.45) is 0.770. The standard InChI is InChI=1S/C27H38N6O3/c1-7-36-21-10-8-20(9-11-21)16-27(5,6)30-24-22-17-33(18(2)3)25(35)23(22)28-26(29-24)32-14-12-31(13-15-32)19(4)34/h8-11,18H,7,12-17H2,1-6H3,(H,28,29,30). The highest BCUT2D eigenvalue weighted by Gasteiger charge is 2.36. The third kappa shape index (κ3) is 5.55. The Bertz CT molecular complexity index is 1110. The predicted octanol–water partition coefficient (Wildman–Crippen LogP) is 3.34. The molecule has 0 saturated carbocycles. The van der Waals surface area contributed by atoms with Crippen LogP contribution in [-0.4, -0.2) is 75.9 Å². The Morgan fingerprint density at radius 2 is 1.78 bits per heavy atom. The number of hydrogen-bond acceptors (Lipinski definition) is 7. The summed E-state index contributed by atoms with van der Waals surface area (Å²) < 4.78 is 5.57. The van der Waals surface area contributed by atoms with Crippen LogP contribution >= 0.6 is 0 Å². The Hall–Kier alpha value is -3.36. The summed E-state index contributed by atoms with van der Waals surface area (Å²) in [4.78, 5) is 40.4. The van der Waals surface area contributed by atoms with E-state index in [0.29, 0.717) is 56.8 Å². The Morgan fingerprint density at radius 3 is 2.36 bits per heavy atom. The van der Waals surface area contributed by atoms with Gasteiger partial charge < -0.3 is 24.8 Å². The van der Waals surface area contributed by atoms with Crippen LogP contribution in [0.2, 0.25) is 0 Å². The summed E-state index contributed by atoms with van der Waals surface area (Å²) in [6.45, 7) is 15.5. The first kappa shape index (κ1) is 25.7. The molecule has 3 heterocycles. The largest absolute Gasteiger partial charge is 0.494 e. The topological polar surface area (TPSA) is 90.9 Å². The molecule has 36 heavy (non-hydrogen) atoms. The molecule has 0 bridgehead atoms. The first-order valence-electron chi connectivity index (χ1n) is 12.8. The molecule has 0 spiro atoms. The second-order valence-corrected chi connectivity index (χ2v) is 10.5. The van der Waals surface area contributed by atoms with E-state index in [1.54, 1.807) is 6.92 Å². The average Bonchev–Trinajstić information content (AvgIpc) is 3.17. The Kier molecular flexibility index (Phi) is 7.38. The maximum atomic E-state index is 13.2. The van der Waals surface area contributed by atoms with Crippen molar-refractivity contribution in [2.24, 2.45) is 0 Å². The van der Waals surface area contributed by atoms with Gasteiger partial charge in [-0.05, 0) is 58.7 Å². The van der Waals surface area contributed by atoms with E-state index in [9.17, 15) is 9.59 Å². The summed E-state index contributed by atoms with van der Waals surface area (Å²) in [5.74, 6) is 2.12. The van der Waals surface area contributed by atoms with E-state index in [1.165, 1.54) is 5.56 Å². The zero-order valence-corrected chi connectivity index (χ0v) is 22.3. The van der Waals surface area contributed by atoms with E-state index < -0.39 is 0 Å². The Labute approximate surface area is 213 Å². The smallest absolute Gasteiger partial charge is 0.273 e. The minimum absolute atomic E-state index is 0.0570. The quantitative estimate of drug-likeness (QED) is 0.602. The number of fused-ring (bicyclic) bond motifs is 1. The molecule has 2 aromatic rings. The minimum atomic E-state index is -0.325. The van der Waals surface area contributed by atoms with Gasteiger partial charge in [-0.1, -0.05) is 12.1 Å². The molecule has 1 aromatic heterocycles. The summed E-state index contributed by atoms with van der Waals surface area (Å²) in [5.41, 5.74) is 2.18. The van der Waals surface area contributed by atoms with E-state index in [2.05, 4.69) is 36.2 Å². The fraction of sp³-hybridized carbons (Fsp3) is 0.556. The van der Waals surface area contributed by atoms with Crippen LogP contribution in [0.25, 0.3) is 0 Å². The summed E-state index contributed by atoms with van der Waals surface area (Å²) in [5, 5.41) is 3.64. The van der Waals surface area contributed by atoms with Gasteiger partial charge in [-0.3, -0.25) is 9.59 Å². The predicted molar refractivity (Wildman–Crippen MR) is 141 cm³/mol. The van der Waals surface area contributed by atoms with Crippen LogP contribution < -0.4 is 15.0 Å². The maximum Gasteiger partial charge on any atom is 0.273 e. The fourth-order valence-electron chi connectivity index (χ4n) is 4.81. The zero-order valence-electron chi connectivity index (χ0n) is 22.3. The normalized spacial score (nSPS) is 16.0. The van der Waals surface area contributed by atoms with Crippen LogP contribution in [0, 0.1) is 0 Å². The zero-order chi connectivity index (χ0) is 26.0. The van der Waals surface area contributed by atoms with E-state index >= 15 is 0 Å². The van der Waals surface area contributed by atoms with E-state index in [-0.39, 0.29) is 23.4 Å². The number of carbonyl (C=O) groups is 2. The minimum Gasteiger partial charge on any atom is -0.494 e. The van der Waals surface area contributed by atoms with Gasteiger partial charge in [0, 0.05) is 50.2 Å². The van der Waals surface area contributed by atoms with Gasteiger partial charge in [0.15, 0.2) is 0 Å². The number of hydrogen-bond donors (Lipinski definition) is 1. The van der Waals surface area contributed by atoms with Crippen LogP contribution in [0.1, 0.15) is 63.2 Å². The highest BCUT2D eigenvalue weighted by atomic mass is 16.5. The number of amides is 2. The SMILES string of the molecule is CCOc1ccc(CC(C)(C)Nc2nc(N3CCN(C(C)=O)CC3)nc3c2CN(C(C)C)C3=O)cc1. The maximum absolute atomic E-state index is 13.2. The molecule has 194 valence electrons. The molecule has 2 aliphatic heterocycles. The van der Waals surface area contributed by atoms with Gasteiger partial charge in [-0.15, -0.1) is 0 Å². The molecular formula is C27H38N6O3. The van der Waals surface area contributed by atoms with Crippen molar-refractivity contribution in [3.8, 4) is 5.75 Å². The number of ether oxygens (including phenoxy) is 1. The lowest BCUT2D eigenvalue weighted by molar-refractivity contribution is -0.129. The van der Waals surface area contributed by atoms with Crippen molar-refractivity contribution in [3.05, 3.63) is 41.1 Å². The van der Waals surface area contributed by atoms with Crippen LogP contribution in [0.15, 0.2) is 24.3 Å². The lowest BCUT2D eigenvalue weighted by Gasteiger charge is -2.35. The summed E-state index contributed by atoms with van der Waals surface area (Å²) in [6, 6.07) is 8.23. The average molecular weight is 495 g/mol. The number of anilines is 2. The molecule has 0 unspecified atom stereocenters. The van der Waals surface area contributed by atoms with Crippen molar-refractivity contribution in [2.45, 2.75) is 66.1 Å². The lowest BCUT2D eigenvalue weighted by atomic mass is 9.94. The van der Waals surface area contributed by atoms with Gasteiger partial charge in [0.05, 0.1) is 13.2 Å². The molecule has 0 radical (unpaired) electrons. The van der Waals surface area contributed by atoms with Crippen molar-refractivity contribution in [1.82, 2.24) is 19.8 Å². The second kappa shape index (κ2) is 10.3. The van der Waals surface area contributed by atoms with Gasteiger partial charge in [-0.2, -0.15) is 4.98 Å². The van der Waals surface area contributed by atoms with Gasteiger partial charge in [0.2, 0.25) is 11.9 Å². The molecule has 1 aromatic carbocycles. The number of benzene rings is 1. The Morgan fingerprint density at radius 1 is 1.11 bits per heavy atom. The molecule has 1 fully saturated rings. The van der Waals surface area contributed by atoms with Crippen molar-refractivity contribution >= 4 is 23.6 Å². The van der Waals surface area contributed by atoms with Crippen molar-refractivity contribution < 1.29 is 14.3 Å². The third-order valence-corrected chi connectivity index (χ3v) is 6.76. The highest BCUT2D eigenvalue weighted by Crippen LogP contribution is 2.33. The first-order chi connectivity index (χ1) is 17.1. The van der Waals surface area contributed by atoms with Gasteiger partial charge >= 0.3 is 0 Å². The second-order valence-electron chi connectivity index (χ2n) is 10.5. The molecule has 9 nitrogen and oxygen atoms in total. The van der Waals surface area contributed by atoms with Crippen LogP contribution in [0.5, 0.6) is 5.75 Å². The number of piperazine rings is 1. The third-order valence-electron chi connectivity index (χ3n) is 6.76. The van der Waals surface area contributed by atoms with Gasteiger partial charge in [-0.25, -0.2) is 4.98 Å². The number of nitrogens with zero attached hydrogens (tertiary/aromatic N) is 5. The van der Waals surface area contributed by atoms with Gasteiger partial charge in [0.1, 0.15) is 17.3 Å². The molecular weight excluding hydrogens is 456 g/mol. The molecule has 4 rings (SSSR count). The number of carbonyl (C=O) groups excluding carboxylic acids is 2. The van der Waals surface area contributed by atoms with Crippen LogP contribution in [0.3, 0.4) is 0 Å². The first-order valence-corrected chi connectivity index (χ1v) is 12.8. The summed E-state index contributed by atoms with van der Waals surface area (Å²) in [7, 11) is 0. The molecule has 0 atom stereocenters. The fourth-order valence-corrected chi connectivity index (χ4v) is 4.81. The van der Waals surface area contributed by atoms with Crippen molar-refractivity contribution in [1.29, 1.82) is 0 Å². The molecule has 0 aliphatic carbocycles. The monoisotopic (exact) mass is 494 g/mol. The Balaban J connectivity index is 1.60. The van der Waals surface area contributed by atoms with Crippen LogP contribution in [-0.2, 0) is 17.8 Å². The molecule has 1 saturated heterocycles. The van der Waals surface area contributed by atoms with Crippen molar-refractivity contribution in [3.63, 3.8) is 0 Å². The molecule has 1 N–H and O–H groups in total. The highest BCUT2D eigenvalue weighted by molar-refractivity contribution is 5.98.